The van der Waals surface area contributed by atoms with Crippen molar-refractivity contribution >= 4 is 18.3 Å². The highest BCUT2D eigenvalue weighted by Crippen LogP contribution is 2.23. The lowest BCUT2D eigenvalue weighted by atomic mass is 9.92. The Morgan fingerprint density at radius 2 is 2.00 bits per heavy atom. The summed E-state index contributed by atoms with van der Waals surface area (Å²) in [5.74, 6) is 1.19. The second-order valence-corrected chi connectivity index (χ2v) is 8.23. The fourth-order valence-corrected chi connectivity index (χ4v) is 3.25. The van der Waals surface area contributed by atoms with Crippen LogP contribution in [0.3, 0.4) is 0 Å². The van der Waals surface area contributed by atoms with Crippen LogP contribution >= 0.6 is 12.4 Å². The summed E-state index contributed by atoms with van der Waals surface area (Å²) in [7, 11) is 1.89. The van der Waals surface area contributed by atoms with E-state index in [4.69, 9.17) is 4.52 Å². The summed E-state index contributed by atoms with van der Waals surface area (Å²) in [6, 6.07) is 7.77. The van der Waals surface area contributed by atoms with E-state index in [1.54, 1.807) is 0 Å². The standard InChI is InChI=1S/C20H28N4O2.ClH/c1-20(2,3)13-17-22-18(23-26-17)14-6-5-7-15(12-14)19(25)24(4)16-8-10-21-11-9-16;/h5-7,12,16,21H,8-11,13H2,1-4H3;1H. The third-order valence-electron chi connectivity index (χ3n) is 4.69. The molecule has 1 saturated heterocycles. The molecule has 148 valence electrons. The Labute approximate surface area is 167 Å². The van der Waals surface area contributed by atoms with Crippen LogP contribution in [0.25, 0.3) is 11.4 Å². The van der Waals surface area contributed by atoms with Crippen molar-refractivity contribution in [2.45, 2.75) is 46.1 Å². The van der Waals surface area contributed by atoms with E-state index < -0.39 is 0 Å². The monoisotopic (exact) mass is 392 g/mol. The zero-order valence-electron chi connectivity index (χ0n) is 16.5. The minimum absolute atomic E-state index is 0. The largest absolute Gasteiger partial charge is 0.339 e. The van der Waals surface area contributed by atoms with E-state index in [-0.39, 0.29) is 29.8 Å². The number of piperidine rings is 1. The van der Waals surface area contributed by atoms with Gasteiger partial charge in [0.2, 0.25) is 11.7 Å². The van der Waals surface area contributed by atoms with E-state index >= 15 is 0 Å². The number of hydrogen-bond donors (Lipinski definition) is 1. The van der Waals surface area contributed by atoms with Gasteiger partial charge in [0.25, 0.3) is 5.91 Å². The van der Waals surface area contributed by atoms with Gasteiger partial charge in [0.05, 0.1) is 0 Å². The van der Waals surface area contributed by atoms with Gasteiger partial charge >= 0.3 is 0 Å². The molecule has 0 bridgehead atoms. The van der Waals surface area contributed by atoms with Crippen molar-refractivity contribution in [3.8, 4) is 11.4 Å². The van der Waals surface area contributed by atoms with E-state index in [9.17, 15) is 4.79 Å². The molecule has 1 amide bonds. The molecule has 3 rings (SSSR count). The summed E-state index contributed by atoms with van der Waals surface area (Å²) >= 11 is 0. The average Bonchev–Trinajstić information content (AvgIpc) is 3.08. The van der Waals surface area contributed by atoms with Gasteiger partial charge in [0, 0.05) is 30.6 Å². The molecule has 1 N–H and O–H groups in total. The van der Waals surface area contributed by atoms with Gasteiger partial charge in [0.1, 0.15) is 0 Å². The molecule has 1 aliphatic heterocycles. The zero-order valence-corrected chi connectivity index (χ0v) is 17.3. The first-order chi connectivity index (χ1) is 12.3. The summed E-state index contributed by atoms with van der Waals surface area (Å²) in [4.78, 5) is 19.2. The Bertz CT molecular complexity index is 763. The Morgan fingerprint density at radius 3 is 2.67 bits per heavy atom. The summed E-state index contributed by atoms with van der Waals surface area (Å²) < 4.78 is 5.37. The molecule has 1 aromatic heterocycles. The van der Waals surface area contributed by atoms with Crippen LogP contribution in [0.15, 0.2) is 28.8 Å². The van der Waals surface area contributed by atoms with Gasteiger partial charge in [0.15, 0.2) is 0 Å². The lowest BCUT2D eigenvalue weighted by Gasteiger charge is -2.31. The maximum Gasteiger partial charge on any atom is 0.253 e. The first-order valence-electron chi connectivity index (χ1n) is 9.24. The number of amides is 1. The number of nitrogens with one attached hydrogen (secondary N) is 1. The minimum Gasteiger partial charge on any atom is -0.339 e. The Morgan fingerprint density at radius 1 is 1.30 bits per heavy atom. The number of benzene rings is 1. The highest BCUT2D eigenvalue weighted by molar-refractivity contribution is 5.95. The van der Waals surface area contributed by atoms with E-state index in [0.717, 1.165) is 37.9 Å². The third kappa shape index (κ3) is 5.53. The van der Waals surface area contributed by atoms with Crippen LogP contribution in [0.4, 0.5) is 0 Å². The Balaban J connectivity index is 0.00000261. The number of carbonyl (C=O) groups excluding carboxylic acids is 1. The molecule has 0 saturated carbocycles. The van der Waals surface area contributed by atoms with Crippen LogP contribution in [-0.2, 0) is 6.42 Å². The molecule has 27 heavy (non-hydrogen) atoms. The van der Waals surface area contributed by atoms with Gasteiger partial charge in [-0.15, -0.1) is 12.4 Å². The molecule has 1 aliphatic rings. The molecule has 1 fully saturated rings. The van der Waals surface area contributed by atoms with Crippen molar-refractivity contribution in [1.29, 1.82) is 0 Å². The molecule has 0 radical (unpaired) electrons. The Hall–Kier alpha value is -1.92. The van der Waals surface area contributed by atoms with Crippen molar-refractivity contribution in [2.75, 3.05) is 20.1 Å². The molecule has 6 nitrogen and oxygen atoms in total. The van der Waals surface area contributed by atoms with Crippen molar-refractivity contribution < 1.29 is 9.32 Å². The van der Waals surface area contributed by atoms with Gasteiger partial charge in [-0.2, -0.15) is 4.98 Å². The second kappa shape index (κ2) is 8.85. The van der Waals surface area contributed by atoms with Gasteiger partial charge in [-0.05, 0) is 43.5 Å². The van der Waals surface area contributed by atoms with Crippen molar-refractivity contribution in [2.24, 2.45) is 5.41 Å². The molecule has 2 aromatic rings. The summed E-state index contributed by atoms with van der Waals surface area (Å²) in [6.45, 7) is 8.32. The minimum atomic E-state index is 0. The second-order valence-electron chi connectivity index (χ2n) is 8.23. The van der Waals surface area contributed by atoms with Crippen LogP contribution < -0.4 is 5.32 Å². The maximum absolute atomic E-state index is 12.9. The molecule has 2 heterocycles. The predicted molar refractivity (Wildman–Crippen MR) is 108 cm³/mol. The first kappa shape index (κ1) is 21.4. The number of carbonyl (C=O) groups is 1. The highest BCUT2D eigenvalue weighted by atomic mass is 35.5. The SMILES string of the molecule is CN(C(=O)c1cccc(-c2noc(CC(C)(C)C)n2)c1)C1CCNCC1.Cl. The van der Waals surface area contributed by atoms with Crippen LogP contribution in [-0.4, -0.2) is 47.1 Å². The van der Waals surface area contributed by atoms with Crippen molar-refractivity contribution in [3.63, 3.8) is 0 Å². The van der Waals surface area contributed by atoms with E-state index in [1.165, 1.54) is 0 Å². The molecule has 0 atom stereocenters. The van der Waals surface area contributed by atoms with E-state index in [2.05, 4.69) is 36.2 Å². The topological polar surface area (TPSA) is 71.3 Å². The fraction of sp³-hybridized carbons (Fsp3) is 0.550. The van der Waals surface area contributed by atoms with Gasteiger partial charge in [-0.1, -0.05) is 38.1 Å². The maximum atomic E-state index is 12.9. The van der Waals surface area contributed by atoms with E-state index in [1.807, 2.05) is 36.2 Å². The fourth-order valence-electron chi connectivity index (χ4n) is 3.25. The molecule has 0 spiro atoms. The van der Waals surface area contributed by atoms with Crippen molar-refractivity contribution in [3.05, 3.63) is 35.7 Å². The van der Waals surface area contributed by atoms with Gasteiger partial charge in [-0.3, -0.25) is 4.79 Å². The summed E-state index contributed by atoms with van der Waals surface area (Å²) in [6.07, 6.45) is 2.70. The third-order valence-corrected chi connectivity index (χ3v) is 4.69. The molecular formula is C20H29ClN4O2. The zero-order chi connectivity index (χ0) is 18.7. The van der Waals surface area contributed by atoms with Crippen molar-refractivity contribution in [1.82, 2.24) is 20.4 Å². The van der Waals surface area contributed by atoms with E-state index in [0.29, 0.717) is 17.3 Å². The summed E-state index contributed by atoms with van der Waals surface area (Å²) in [5, 5.41) is 7.42. The number of nitrogens with zero attached hydrogens (tertiary/aromatic N) is 3. The Kier molecular flexibility index (Phi) is 7.00. The lowest BCUT2D eigenvalue weighted by molar-refractivity contribution is 0.0703. The highest BCUT2D eigenvalue weighted by Gasteiger charge is 2.23. The molecule has 0 aliphatic carbocycles. The normalized spacial score (nSPS) is 15.3. The van der Waals surface area contributed by atoms with Gasteiger partial charge in [-0.25, -0.2) is 0 Å². The quantitative estimate of drug-likeness (QED) is 0.861. The first-order valence-corrected chi connectivity index (χ1v) is 9.24. The number of rotatable bonds is 4. The lowest BCUT2D eigenvalue weighted by Crippen LogP contribution is -2.43. The summed E-state index contributed by atoms with van der Waals surface area (Å²) in [5.41, 5.74) is 1.54. The van der Waals surface area contributed by atoms with Gasteiger partial charge < -0.3 is 14.7 Å². The number of halogens is 1. The van der Waals surface area contributed by atoms with Crippen LogP contribution in [0.1, 0.15) is 49.9 Å². The predicted octanol–water partition coefficient (Wildman–Crippen LogP) is 3.57. The molecular weight excluding hydrogens is 364 g/mol. The molecule has 7 heteroatoms. The number of hydrogen-bond acceptors (Lipinski definition) is 5. The van der Waals surface area contributed by atoms with Crippen LogP contribution in [0, 0.1) is 5.41 Å². The van der Waals surface area contributed by atoms with Crippen LogP contribution in [0.2, 0.25) is 0 Å². The average molecular weight is 393 g/mol. The molecule has 0 unspecified atom stereocenters. The molecule has 1 aromatic carbocycles. The van der Waals surface area contributed by atoms with Crippen LogP contribution in [0.5, 0.6) is 0 Å². The number of aromatic nitrogens is 2. The smallest absolute Gasteiger partial charge is 0.253 e.